The van der Waals surface area contributed by atoms with Gasteiger partial charge >= 0.3 is 87.4 Å². The summed E-state index contributed by atoms with van der Waals surface area (Å²) in [6.45, 7) is 2.05. The van der Waals surface area contributed by atoms with Crippen molar-refractivity contribution in [3.63, 3.8) is 0 Å². The van der Waals surface area contributed by atoms with Gasteiger partial charge in [-0.15, -0.1) is 0 Å². The second-order valence-corrected chi connectivity index (χ2v) is 6.98. The van der Waals surface area contributed by atoms with Gasteiger partial charge in [0.2, 0.25) is 0 Å². The fourth-order valence-electron chi connectivity index (χ4n) is 1.80. The molecular formula is C9H15F3I-. The molecule has 0 bridgehead atoms. The van der Waals surface area contributed by atoms with Crippen LogP contribution in [0.15, 0.2) is 0 Å². The summed E-state index contributed by atoms with van der Waals surface area (Å²) in [5.41, 5.74) is 0. The molecule has 0 heterocycles. The molecule has 0 aliphatic heterocycles. The minimum atomic E-state index is -3.95. The summed E-state index contributed by atoms with van der Waals surface area (Å²) in [6.07, 6.45) is -1.68. The molecule has 80 valence electrons. The molecule has 0 aromatic rings. The van der Waals surface area contributed by atoms with Crippen LogP contribution in [0.2, 0.25) is 0 Å². The van der Waals surface area contributed by atoms with Crippen molar-refractivity contribution in [3.05, 3.63) is 0 Å². The quantitative estimate of drug-likeness (QED) is 0.480. The second kappa shape index (κ2) is 3.95. The molecule has 0 saturated heterocycles. The molecule has 0 atom stereocenters. The molecule has 0 spiro atoms. The van der Waals surface area contributed by atoms with Crippen LogP contribution in [-0.2, 0) is 0 Å². The van der Waals surface area contributed by atoms with Gasteiger partial charge in [-0.05, 0) is 0 Å². The Balaban J connectivity index is 2.72. The van der Waals surface area contributed by atoms with Crippen molar-refractivity contribution >= 4 is 0 Å². The standard InChI is InChI=1S/C9H15F3I/c1-7-3-5-8(13-2,6-4-7)9(10,11)12/h7H,3-6H2,1-2H3/q-1. The van der Waals surface area contributed by atoms with Gasteiger partial charge in [0.05, 0.1) is 0 Å². The van der Waals surface area contributed by atoms with Gasteiger partial charge in [-0.1, -0.05) is 0 Å². The van der Waals surface area contributed by atoms with E-state index >= 15 is 0 Å². The molecule has 0 radical (unpaired) electrons. The number of hydrogen-bond donors (Lipinski definition) is 0. The average molecular weight is 307 g/mol. The van der Waals surface area contributed by atoms with Gasteiger partial charge in [-0.3, -0.25) is 0 Å². The molecule has 13 heavy (non-hydrogen) atoms. The predicted octanol–water partition coefficient (Wildman–Crippen LogP) is 0.216. The third-order valence-corrected chi connectivity index (χ3v) is 6.69. The molecule has 1 fully saturated rings. The molecule has 0 aromatic carbocycles. The summed E-state index contributed by atoms with van der Waals surface area (Å²) < 4.78 is 37.0. The Bertz CT molecular complexity index is 168. The average Bonchev–Trinajstić information content (AvgIpc) is 2.04. The Labute approximate surface area is 87.5 Å². The van der Waals surface area contributed by atoms with Gasteiger partial charge in [0.1, 0.15) is 0 Å². The normalized spacial score (nSPS) is 36.5. The molecule has 0 nitrogen and oxygen atoms in total. The van der Waals surface area contributed by atoms with Crippen molar-refractivity contribution in [1.29, 1.82) is 0 Å². The first kappa shape index (κ1) is 11.6. The zero-order valence-corrected chi connectivity index (χ0v) is 10.1. The maximum absolute atomic E-state index is 12.8. The molecule has 1 rings (SSSR count). The van der Waals surface area contributed by atoms with Gasteiger partial charge in [0, 0.05) is 0 Å². The summed E-state index contributed by atoms with van der Waals surface area (Å²) in [7, 11) is 0. The zero-order valence-electron chi connectivity index (χ0n) is 7.92. The molecule has 0 unspecified atom stereocenters. The van der Waals surface area contributed by atoms with Crippen LogP contribution >= 0.6 is 0 Å². The van der Waals surface area contributed by atoms with Gasteiger partial charge in [0.25, 0.3) is 0 Å². The predicted molar refractivity (Wildman–Crippen MR) is 42.3 cm³/mol. The van der Waals surface area contributed by atoms with Gasteiger partial charge in [0.15, 0.2) is 0 Å². The van der Waals surface area contributed by atoms with Gasteiger partial charge in [-0.25, -0.2) is 0 Å². The number of alkyl halides is 5. The van der Waals surface area contributed by atoms with E-state index in [0.29, 0.717) is 18.8 Å². The molecule has 0 aromatic heterocycles. The maximum atomic E-state index is 12.8. The number of halogens is 4. The number of rotatable bonds is 1. The van der Waals surface area contributed by atoms with Crippen LogP contribution in [-0.4, -0.2) is 14.5 Å². The van der Waals surface area contributed by atoms with E-state index in [1.165, 1.54) is 0 Å². The minimum absolute atomic E-state index is 0.376. The van der Waals surface area contributed by atoms with E-state index in [1.54, 1.807) is 4.93 Å². The Kier molecular flexibility index (Phi) is 3.52. The Hall–Kier alpha value is 0.520. The van der Waals surface area contributed by atoms with E-state index in [0.717, 1.165) is 12.8 Å². The summed E-state index contributed by atoms with van der Waals surface area (Å²) >= 11 is -0.735. The van der Waals surface area contributed by atoms with Crippen molar-refractivity contribution in [2.24, 2.45) is 5.92 Å². The first-order valence-electron chi connectivity index (χ1n) is 4.48. The van der Waals surface area contributed by atoms with E-state index in [4.69, 9.17) is 0 Å². The summed E-state index contributed by atoms with van der Waals surface area (Å²) in [5.74, 6) is 0.492. The van der Waals surface area contributed by atoms with E-state index in [2.05, 4.69) is 0 Å². The molecule has 1 aliphatic rings. The third kappa shape index (κ3) is 2.30. The monoisotopic (exact) mass is 307 g/mol. The SMILES string of the molecule is C[I-]C1(C(F)(F)F)CCC(C)CC1. The Morgan fingerprint density at radius 2 is 1.69 bits per heavy atom. The van der Waals surface area contributed by atoms with Crippen LogP contribution in [0.4, 0.5) is 13.2 Å². The van der Waals surface area contributed by atoms with Gasteiger partial charge in [-0.2, -0.15) is 0 Å². The van der Waals surface area contributed by atoms with E-state index in [9.17, 15) is 13.2 Å². The Morgan fingerprint density at radius 3 is 2.00 bits per heavy atom. The van der Waals surface area contributed by atoms with Crippen molar-refractivity contribution in [3.8, 4) is 0 Å². The first-order chi connectivity index (χ1) is 5.91. The van der Waals surface area contributed by atoms with Crippen LogP contribution in [0.5, 0.6) is 0 Å². The van der Waals surface area contributed by atoms with Crippen molar-refractivity contribution < 1.29 is 34.4 Å². The fraction of sp³-hybridized carbons (Fsp3) is 1.00. The molecule has 1 saturated carbocycles. The van der Waals surface area contributed by atoms with Crippen LogP contribution in [0.1, 0.15) is 32.6 Å². The molecule has 1 aliphatic carbocycles. The molecule has 0 amide bonds. The van der Waals surface area contributed by atoms with Crippen molar-refractivity contribution in [1.82, 2.24) is 0 Å². The third-order valence-electron chi connectivity index (χ3n) is 2.94. The first-order valence-corrected chi connectivity index (χ1v) is 7.72. The molecule has 0 N–H and O–H groups in total. The number of hydrogen-bond acceptors (Lipinski definition) is 0. The van der Waals surface area contributed by atoms with Crippen LogP contribution in [0.3, 0.4) is 0 Å². The van der Waals surface area contributed by atoms with E-state index < -0.39 is 30.8 Å². The summed E-state index contributed by atoms with van der Waals surface area (Å²) in [5, 5.41) is 0. The second-order valence-electron chi connectivity index (χ2n) is 3.83. The molecule has 4 heteroatoms. The van der Waals surface area contributed by atoms with Crippen molar-refractivity contribution in [2.75, 3.05) is 4.93 Å². The van der Waals surface area contributed by atoms with Crippen molar-refractivity contribution in [2.45, 2.75) is 42.2 Å². The zero-order chi connectivity index (χ0) is 10.1. The van der Waals surface area contributed by atoms with Crippen LogP contribution < -0.4 is 21.2 Å². The van der Waals surface area contributed by atoms with E-state index in [-0.39, 0.29) is 0 Å². The van der Waals surface area contributed by atoms with Crippen LogP contribution in [0.25, 0.3) is 0 Å². The van der Waals surface area contributed by atoms with Gasteiger partial charge < -0.3 is 0 Å². The topological polar surface area (TPSA) is 0 Å². The molecular weight excluding hydrogens is 292 g/mol. The fourth-order valence-corrected chi connectivity index (χ4v) is 4.11. The van der Waals surface area contributed by atoms with E-state index in [1.807, 2.05) is 6.92 Å². The summed E-state index contributed by atoms with van der Waals surface area (Å²) in [6, 6.07) is 0. The van der Waals surface area contributed by atoms with Crippen LogP contribution in [0, 0.1) is 5.92 Å². The Morgan fingerprint density at radius 1 is 1.23 bits per heavy atom. The summed E-state index contributed by atoms with van der Waals surface area (Å²) in [4.78, 5) is 1.77.